The van der Waals surface area contributed by atoms with Gasteiger partial charge in [0.05, 0.1) is 31.0 Å². The first kappa shape index (κ1) is 22.6. The maximum atomic E-state index is 10.9. The average Bonchev–Trinajstić information content (AvgIpc) is 3.38. The van der Waals surface area contributed by atoms with Crippen molar-refractivity contribution in [1.29, 1.82) is 5.26 Å². The van der Waals surface area contributed by atoms with E-state index in [0.29, 0.717) is 36.0 Å². The fourth-order valence-electron chi connectivity index (χ4n) is 4.29. The Morgan fingerprint density at radius 3 is 2.69 bits per heavy atom. The number of aromatic nitrogens is 2. The molecule has 3 heterocycles. The molecule has 0 radical (unpaired) electrons. The maximum Gasteiger partial charge on any atom is 0.227 e. The summed E-state index contributed by atoms with van der Waals surface area (Å²) in [7, 11) is 0. The van der Waals surface area contributed by atoms with Gasteiger partial charge in [-0.1, -0.05) is 0 Å². The number of likely N-dealkylation sites (tertiary alicyclic amines) is 1. The minimum Gasteiger partial charge on any atom is -0.487 e. The Bertz CT molecular complexity index is 1220. The van der Waals surface area contributed by atoms with Crippen molar-refractivity contribution in [2.75, 3.05) is 49.6 Å². The summed E-state index contributed by atoms with van der Waals surface area (Å²) in [6.07, 6.45) is 3.16. The second kappa shape index (κ2) is 10.4. The highest BCUT2D eigenvalue weighted by Gasteiger charge is 2.23. The summed E-state index contributed by atoms with van der Waals surface area (Å²) in [6.45, 7) is 4.49. The van der Waals surface area contributed by atoms with Gasteiger partial charge >= 0.3 is 0 Å². The quantitative estimate of drug-likeness (QED) is 0.525. The molecule has 0 aliphatic carbocycles. The van der Waals surface area contributed by atoms with Gasteiger partial charge in [-0.05, 0) is 48.5 Å². The van der Waals surface area contributed by atoms with E-state index in [1.165, 1.54) is 0 Å². The second-order valence-corrected chi connectivity index (χ2v) is 8.49. The van der Waals surface area contributed by atoms with Crippen molar-refractivity contribution in [2.24, 2.45) is 0 Å². The largest absolute Gasteiger partial charge is 0.487 e. The van der Waals surface area contributed by atoms with Crippen LogP contribution in [0.5, 0.6) is 5.75 Å². The lowest BCUT2D eigenvalue weighted by Crippen LogP contribution is -2.36. The molecule has 1 atom stereocenters. The van der Waals surface area contributed by atoms with Gasteiger partial charge in [0.2, 0.25) is 12.4 Å². The zero-order valence-electron chi connectivity index (χ0n) is 19.3. The molecule has 0 spiro atoms. The monoisotopic (exact) mass is 470 g/mol. The van der Waals surface area contributed by atoms with E-state index in [2.05, 4.69) is 38.4 Å². The first-order valence-corrected chi connectivity index (χ1v) is 11.7. The number of amides is 1. The second-order valence-electron chi connectivity index (χ2n) is 8.49. The summed E-state index contributed by atoms with van der Waals surface area (Å²) in [5.74, 6) is 0.988. The Morgan fingerprint density at radius 2 is 1.94 bits per heavy atom. The number of morpholine rings is 1. The molecule has 9 nitrogen and oxygen atoms in total. The Morgan fingerprint density at radius 1 is 1.11 bits per heavy atom. The predicted molar refractivity (Wildman–Crippen MR) is 132 cm³/mol. The molecule has 9 heteroatoms. The van der Waals surface area contributed by atoms with Crippen LogP contribution in [0.1, 0.15) is 12.0 Å². The normalized spacial score (nSPS) is 17.6. The number of anilines is 3. The van der Waals surface area contributed by atoms with Crippen molar-refractivity contribution in [3.8, 4) is 23.1 Å². The lowest BCUT2D eigenvalue weighted by molar-refractivity contribution is -0.117. The summed E-state index contributed by atoms with van der Waals surface area (Å²) < 4.78 is 11.4. The smallest absolute Gasteiger partial charge is 0.227 e. The van der Waals surface area contributed by atoms with Crippen LogP contribution in [-0.2, 0) is 9.53 Å². The van der Waals surface area contributed by atoms with Crippen LogP contribution in [0, 0.1) is 11.3 Å². The standard InChI is InChI=1S/C26H26N6O3/c27-16-20-15-19(1-6-25(20)35-23-8-10-31(17-23)18-33)24-7-9-28-26(30-24)29-21-2-4-22(5-3-21)32-11-13-34-14-12-32/h1-7,9,15,18,23H,8,10-14,17H2,(H,28,29,30). The molecule has 2 saturated heterocycles. The van der Waals surface area contributed by atoms with E-state index in [1.807, 2.05) is 24.3 Å². The van der Waals surface area contributed by atoms with Crippen LogP contribution in [0.2, 0.25) is 0 Å². The van der Waals surface area contributed by atoms with Crippen LogP contribution in [0.4, 0.5) is 17.3 Å². The third-order valence-electron chi connectivity index (χ3n) is 6.17. The number of nitrogens with zero attached hydrogens (tertiary/aromatic N) is 5. The van der Waals surface area contributed by atoms with Gasteiger partial charge in [-0.2, -0.15) is 5.26 Å². The number of carbonyl (C=O) groups is 1. The Kier molecular flexibility index (Phi) is 6.73. The lowest BCUT2D eigenvalue weighted by Gasteiger charge is -2.28. The van der Waals surface area contributed by atoms with Crippen LogP contribution >= 0.6 is 0 Å². The highest BCUT2D eigenvalue weighted by atomic mass is 16.5. The van der Waals surface area contributed by atoms with Crippen molar-refractivity contribution >= 4 is 23.7 Å². The topological polar surface area (TPSA) is 104 Å². The van der Waals surface area contributed by atoms with Crippen molar-refractivity contribution in [3.05, 3.63) is 60.3 Å². The minimum absolute atomic E-state index is 0.109. The predicted octanol–water partition coefficient (Wildman–Crippen LogP) is 3.20. The number of rotatable bonds is 7. The molecular weight excluding hydrogens is 444 g/mol. The fraction of sp³-hybridized carbons (Fsp3) is 0.308. The third kappa shape index (κ3) is 5.34. The minimum atomic E-state index is -0.109. The number of carbonyl (C=O) groups excluding carboxylic acids is 1. The van der Waals surface area contributed by atoms with Crippen LogP contribution < -0.4 is 15.0 Å². The van der Waals surface area contributed by atoms with Crippen molar-refractivity contribution in [3.63, 3.8) is 0 Å². The van der Waals surface area contributed by atoms with Gasteiger partial charge in [0.25, 0.3) is 0 Å². The van der Waals surface area contributed by atoms with E-state index in [-0.39, 0.29) is 6.10 Å². The van der Waals surface area contributed by atoms with Crippen molar-refractivity contribution < 1.29 is 14.3 Å². The van der Waals surface area contributed by atoms with Gasteiger partial charge in [-0.25, -0.2) is 9.97 Å². The van der Waals surface area contributed by atoms with Crippen LogP contribution in [0.25, 0.3) is 11.3 Å². The summed E-state index contributed by atoms with van der Waals surface area (Å²) in [5.41, 5.74) is 3.98. The van der Waals surface area contributed by atoms with Gasteiger partial charge in [-0.15, -0.1) is 0 Å². The third-order valence-corrected chi connectivity index (χ3v) is 6.17. The van der Waals surface area contributed by atoms with E-state index in [0.717, 1.165) is 56.1 Å². The SMILES string of the molecule is N#Cc1cc(-c2ccnc(Nc3ccc(N4CCOCC4)cc3)n2)ccc1OC1CCN(C=O)C1. The summed E-state index contributed by atoms with van der Waals surface area (Å²) in [6, 6.07) is 17.6. The number of hydrogen-bond donors (Lipinski definition) is 1. The van der Waals surface area contributed by atoms with Crippen LogP contribution in [0.3, 0.4) is 0 Å². The van der Waals surface area contributed by atoms with Crippen LogP contribution in [0.15, 0.2) is 54.7 Å². The van der Waals surface area contributed by atoms with E-state index >= 15 is 0 Å². The first-order valence-electron chi connectivity index (χ1n) is 11.7. The van der Waals surface area contributed by atoms with Gasteiger partial charge in [0.1, 0.15) is 17.9 Å². The summed E-state index contributed by atoms with van der Waals surface area (Å²) >= 11 is 0. The van der Waals surface area contributed by atoms with Gasteiger partial charge in [0, 0.05) is 49.2 Å². The molecule has 2 fully saturated rings. The highest BCUT2D eigenvalue weighted by molar-refractivity contribution is 5.66. The molecule has 1 amide bonds. The lowest BCUT2D eigenvalue weighted by atomic mass is 10.1. The van der Waals surface area contributed by atoms with E-state index in [9.17, 15) is 10.1 Å². The molecule has 178 valence electrons. The fourth-order valence-corrected chi connectivity index (χ4v) is 4.29. The average molecular weight is 471 g/mol. The molecule has 2 aromatic carbocycles. The molecular formula is C26H26N6O3. The molecule has 35 heavy (non-hydrogen) atoms. The Balaban J connectivity index is 1.28. The van der Waals surface area contributed by atoms with E-state index in [4.69, 9.17) is 9.47 Å². The molecule has 1 aromatic heterocycles. The van der Waals surface area contributed by atoms with Crippen molar-refractivity contribution in [2.45, 2.75) is 12.5 Å². The summed E-state index contributed by atoms with van der Waals surface area (Å²) in [4.78, 5) is 23.9. The molecule has 0 bridgehead atoms. The number of hydrogen-bond acceptors (Lipinski definition) is 8. The molecule has 0 saturated carbocycles. The number of benzene rings is 2. The van der Waals surface area contributed by atoms with Crippen molar-refractivity contribution in [1.82, 2.24) is 14.9 Å². The van der Waals surface area contributed by atoms with E-state index in [1.54, 1.807) is 23.2 Å². The zero-order chi connectivity index (χ0) is 24.0. The number of ether oxygens (including phenoxy) is 2. The highest BCUT2D eigenvalue weighted by Crippen LogP contribution is 2.28. The molecule has 3 aromatic rings. The van der Waals surface area contributed by atoms with Gasteiger partial charge in [0.15, 0.2) is 0 Å². The van der Waals surface area contributed by atoms with Crippen LogP contribution in [-0.4, -0.2) is 66.8 Å². The molecule has 1 unspecified atom stereocenters. The number of nitrogens with one attached hydrogen (secondary N) is 1. The molecule has 2 aliphatic heterocycles. The summed E-state index contributed by atoms with van der Waals surface area (Å²) in [5, 5.41) is 12.9. The maximum absolute atomic E-state index is 10.9. The molecule has 5 rings (SSSR count). The Labute approximate surface area is 203 Å². The van der Waals surface area contributed by atoms with E-state index < -0.39 is 0 Å². The first-order chi connectivity index (χ1) is 17.2. The Hall–Kier alpha value is -4.16. The molecule has 1 N–H and O–H groups in total. The van der Waals surface area contributed by atoms with Gasteiger partial charge in [-0.3, -0.25) is 4.79 Å². The zero-order valence-corrected chi connectivity index (χ0v) is 19.3. The van der Waals surface area contributed by atoms with Gasteiger partial charge < -0.3 is 24.6 Å². The number of nitriles is 1. The molecule has 2 aliphatic rings.